The van der Waals surface area contributed by atoms with Crippen LogP contribution in [0.4, 0.5) is 0 Å². The van der Waals surface area contributed by atoms with Crippen LogP contribution in [0.2, 0.25) is 0 Å². The molecule has 0 aromatic rings. The van der Waals surface area contributed by atoms with Crippen LogP contribution in [0.1, 0.15) is 232 Å². The van der Waals surface area contributed by atoms with Gasteiger partial charge in [0.2, 0.25) is 5.91 Å². The summed E-state index contributed by atoms with van der Waals surface area (Å²) in [5.74, 6) is -0.184. The summed E-state index contributed by atoms with van der Waals surface area (Å²) >= 11 is 0. The average molecular weight is 864 g/mol. The van der Waals surface area contributed by atoms with Crippen LogP contribution in [-0.2, 0) is 14.3 Å². The molecule has 9 nitrogen and oxygen atoms in total. The number of rotatable bonds is 43. The number of allylic oxidation sites excluding steroid dienone is 5. The van der Waals surface area contributed by atoms with Gasteiger partial charge in [-0.15, -0.1) is 0 Å². The summed E-state index contributed by atoms with van der Waals surface area (Å²) < 4.78 is 11.2. The Hall–Kier alpha value is -1.59. The van der Waals surface area contributed by atoms with Crippen LogP contribution < -0.4 is 5.32 Å². The molecule has 0 aromatic carbocycles. The van der Waals surface area contributed by atoms with Gasteiger partial charge in [-0.05, 0) is 51.4 Å². The first-order chi connectivity index (χ1) is 29.8. The van der Waals surface area contributed by atoms with E-state index in [2.05, 4.69) is 43.5 Å². The predicted molar refractivity (Wildman–Crippen MR) is 253 cm³/mol. The second-order valence-electron chi connectivity index (χ2n) is 18.0. The zero-order valence-electron chi connectivity index (χ0n) is 39.4. The van der Waals surface area contributed by atoms with Gasteiger partial charge in [-0.25, -0.2) is 0 Å². The first kappa shape index (κ1) is 57.4. The Morgan fingerprint density at radius 3 is 1.43 bits per heavy atom. The molecular weight excluding hydrogens is 767 g/mol. The van der Waals surface area contributed by atoms with Gasteiger partial charge >= 0.3 is 0 Å². The molecule has 0 radical (unpaired) electrons. The van der Waals surface area contributed by atoms with Gasteiger partial charge in [0.1, 0.15) is 24.4 Å². The minimum atomic E-state index is -1.57. The van der Waals surface area contributed by atoms with Crippen LogP contribution in [-0.4, -0.2) is 87.5 Å². The molecule has 1 aliphatic rings. The van der Waals surface area contributed by atoms with E-state index in [0.29, 0.717) is 6.42 Å². The molecule has 61 heavy (non-hydrogen) atoms. The van der Waals surface area contributed by atoms with E-state index in [1.807, 2.05) is 6.08 Å². The molecule has 1 fully saturated rings. The number of aliphatic hydroxyl groups excluding tert-OH is 5. The number of unbranched alkanes of at least 4 members (excludes halogenated alkanes) is 29. The van der Waals surface area contributed by atoms with Crippen molar-refractivity contribution in [2.45, 2.75) is 275 Å². The molecule has 6 N–H and O–H groups in total. The molecule has 0 bridgehead atoms. The van der Waals surface area contributed by atoms with E-state index in [4.69, 9.17) is 9.47 Å². The van der Waals surface area contributed by atoms with Gasteiger partial charge in [-0.1, -0.05) is 211 Å². The normalized spacial score (nSPS) is 20.7. The van der Waals surface area contributed by atoms with Crippen molar-refractivity contribution in [2.24, 2.45) is 0 Å². The molecule has 1 heterocycles. The second kappa shape index (κ2) is 42.4. The van der Waals surface area contributed by atoms with Crippen molar-refractivity contribution in [1.29, 1.82) is 0 Å². The van der Waals surface area contributed by atoms with E-state index in [1.54, 1.807) is 6.08 Å². The Morgan fingerprint density at radius 2 is 0.967 bits per heavy atom. The minimum absolute atomic E-state index is 0.184. The highest BCUT2D eigenvalue weighted by Gasteiger charge is 2.44. The van der Waals surface area contributed by atoms with Crippen molar-refractivity contribution < 1.29 is 39.8 Å². The fourth-order valence-electron chi connectivity index (χ4n) is 8.07. The average Bonchev–Trinajstić information content (AvgIpc) is 3.26. The van der Waals surface area contributed by atoms with Crippen LogP contribution >= 0.6 is 0 Å². The summed E-state index contributed by atoms with van der Waals surface area (Å²) in [5.41, 5.74) is 0. The fourth-order valence-corrected chi connectivity index (χ4v) is 8.07. The fraction of sp³-hybridized carbons (Fsp3) is 0.865. The third kappa shape index (κ3) is 32.7. The van der Waals surface area contributed by atoms with E-state index >= 15 is 0 Å². The number of hydrogen-bond acceptors (Lipinski definition) is 8. The topological polar surface area (TPSA) is 149 Å². The Bertz CT molecular complexity index is 1050. The third-order valence-electron chi connectivity index (χ3n) is 12.2. The van der Waals surface area contributed by atoms with Crippen LogP contribution in [0, 0.1) is 0 Å². The van der Waals surface area contributed by atoms with Crippen LogP contribution in [0.15, 0.2) is 36.5 Å². The van der Waals surface area contributed by atoms with E-state index in [0.717, 1.165) is 57.8 Å². The van der Waals surface area contributed by atoms with E-state index in [-0.39, 0.29) is 12.5 Å². The number of carbonyl (C=O) groups is 1. The summed E-state index contributed by atoms with van der Waals surface area (Å²) in [6.07, 6.45) is 46.1. The lowest BCUT2D eigenvalue weighted by Gasteiger charge is -2.40. The summed E-state index contributed by atoms with van der Waals surface area (Å²) in [7, 11) is 0. The van der Waals surface area contributed by atoms with Crippen LogP contribution in [0.5, 0.6) is 0 Å². The lowest BCUT2D eigenvalue weighted by Crippen LogP contribution is -2.60. The largest absolute Gasteiger partial charge is 0.394 e. The van der Waals surface area contributed by atoms with Crippen LogP contribution in [0.25, 0.3) is 0 Å². The van der Waals surface area contributed by atoms with Gasteiger partial charge in [0.05, 0.1) is 25.4 Å². The van der Waals surface area contributed by atoms with Gasteiger partial charge in [-0.2, -0.15) is 0 Å². The standard InChI is InChI=1S/C52H97NO8/c1-3-5-7-9-11-13-15-17-19-21-23-24-25-27-29-31-33-35-37-39-41-46(55)45(44-60-52-51(59)50(58)49(57)47(43-54)61-52)53-48(56)42-40-38-36-34-32-30-28-26-22-20-18-16-14-12-10-8-6-4-2/h14,16,20,22,39,41,45-47,49-52,54-55,57-59H,3-13,15,17-19,21,23-38,40,42-44H2,1-2H3,(H,53,56)/b16-14-,22-20-,41-39+. The maximum atomic E-state index is 13.0. The van der Waals surface area contributed by atoms with E-state index in [9.17, 15) is 30.3 Å². The monoisotopic (exact) mass is 864 g/mol. The van der Waals surface area contributed by atoms with Crippen molar-refractivity contribution >= 4 is 5.91 Å². The SMILES string of the molecule is CCCCCC/C=C\C/C=C\CCCCCCCCCC(=O)NC(COC1OC(CO)C(O)C(O)C1O)C(O)/C=C/CCCCCCCCCCCCCCCCCCCC. The third-order valence-corrected chi connectivity index (χ3v) is 12.2. The lowest BCUT2D eigenvalue weighted by atomic mass is 9.99. The molecule has 7 unspecified atom stereocenters. The zero-order chi connectivity index (χ0) is 44.4. The lowest BCUT2D eigenvalue weighted by molar-refractivity contribution is -0.302. The van der Waals surface area contributed by atoms with Crippen molar-refractivity contribution in [3.8, 4) is 0 Å². The summed E-state index contributed by atoms with van der Waals surface area (Å²) in [5, 5.41) is 54.4. The molecule has 9 heteroatoms. The van der Waals surface area contributed by atoms with Gasteiger partial charge in [0, 0.05) is 6.42 Å². The van der Waals surface area contributed by atoms with Crippen molar-refractivity contribution in [2.75, 3.05) is 13.2 Å². The molecule has 1 rings (SSSR count). The van der Waals surface area contributed by atoms with Crippen molar-refractivity contribution in [3.05, 3.63) is 36.5 Å². The van der Waals surface area contributed by atoms with Crippen molar-refractivity contribution in [3.63, 3.8) is 0 Å². The second-order valence-corrected chi connectivity index (χ2v) is 18.0. The number of hydrogen-bond donors (Lipinski definition) is 6. The number of aliphatic hydroxyl groups is 5. The molecule has 0 aliphatic carbocycles. The first-order valence-electron chi connectivity index (χ1n) is 25.7. The van der Waals surface area contributed by atoms with Gasteiger partial charge in [0.15, 0.2) is 6.29 Å². The number of carbonyl (C=O) groups excluding carboxylic acids is 1. The smallest absolute Gasteiger partial charge is 0.220 e. The molecule has 0 spiro atoms. The first-order valence-corrected chi connectivity index (χ1v) is 25.7. The Labute approximate surface area is 374 Å². The number of amides is 1. The Balaban J connectivity index is 2.31. The van der Waals surface area contributed by atoms with Gasteiger partial charge < -0.3 is 40.3 Å². The molecule has 7 atom stereocenters. The number of ether oxygens (including phenoxy) is 2. The molecule has 1 saturated heterocycles. The molecule has 358 valence electrons. The minimum Gasteiger partial charge on any atom is -0.394 e. The van der Waals surface area contributed by atoms with Gasteiger partial charge in [-0.3, -0.25) is 4.79 Å². The zero-order valence-corrected chi connectivity index (χ0v) is 39.4. The quantitative estimate of drug-likeness (QED) is 0.0262. The highest BCUT2D eigenvalue weighted by atomic mass is 16.7. The molecule has 1 aliphatic heterocycles. The van der Waals surface area contributed by atoms with Crippen molar-refractivity contribution in [1.82, 2.24) is 5.32 Å². The number of nitrogens with one attached hydrogen (secondary N) is 1. The maximum Gasteiger partial charge on any atom is 0.220 e. The summed E-state index contributed by atoms with van der Waals surface area (Å²) in [6, 6.07) is -0.808. The summed E-state index contributed by atoms with van der Waals surface area (Å²) in [6.45, 7) is 3.77. The Morgan fingerprint density at radius 1 is 0.557 bits per heavy atom. The van der Waals surface area contributed by atoms with E-state index < -0.39 is 49.5 Å². The molecule has 0 saturated carbocycles. The predicted octanol–water partition coefficient (Wildman–Crippen LogP) is 11.6. The Kier molecular flexibility index (Phi) is 39.9. The summed E-state index contributed by atoms with van der Waals surface area (Å²) in [4.78, 5) is 13.0. The maximum absolute atomic E-state index is 13.0. The highest BCUT2D eigenvalue weighted by Crippen LogP contribution is 2.23. The van der Waals surface area contributed by atoms with Crippen LogP contribution in [0.3, 0.4) is 0 Å². The van der Waals surface area contributed by atoms with Gasteiger partial charge in [0.25, 0.3) is 0 Å². The highest BCUT2D eigenvalue weighted by molar-refractivity contribution is 5.76. The molecule has 0 aromatic heterocycles. The molecule has 1 amide bonds. The molecular formula is C52H97NO8. The van der Waals surface area contributed by atoms with E-state index in [1.165, 1.54) is 154 Å².